The topological polar surface area (TPSA) is 43.0 Å². The van der Waals surface area contributed by atoms with Gasteiger partial charge in [-0.1, -0.05) is 85.0 Å². The Morgan fingerprint density at radius 3 is 1.51 bits per heavy atom. The third-order valence-corrected chi connectivity index (χ3v) is 11.2. The molecule has 0 saturated heterocycles. The van der Waals surface area contributed by atoms with E-state index in [1.165, 1.54) is 0 Å². The Kier molecular flexibility index (Phi) is 6.32. The van der Waals surface area contributed by atoms with Crippen molar-refractivity contribution in [3.63, 3.8) is 0 Å². The van der Waals surface area contributed by atoms with Crippen LogP contribution in [0.4, 0.5) is 0 Å². The van der Waals surface area contributed by atoms with E-state index in [-0.39, 0.29) is 11.1 Å². The Bertz CT molecular complexity index is 3200. The first kappa shape index (κ1) is 29.6. The van der Waals surface area contributed by atoms with E-state index in [9.17, 15) is 0 Å². The van der Waals surface area contributed by atoms with E-state index in [1.807, 2.05) is 51.3 Å². The van der Waals surface area contributed by atoms with E-state index in [4.69, 9.17) is 0 Å². The summed E-state index contributed by atoms with van der Waals surface area (Å²) in [5.41, 5.74) is 10.4. The van der Waals surface area contributed by atoms with Crippen molar-refractivity contribution in [2.24, 2.45) is 0 Å². The van der Waals surface area contributed by atoms with Gasteiger partial charge in [-0.3, -0.25) is 18.4 Å². The molecule has 0 aliphatic heterocycles. The van der Waals surface area contributed by atoms with Crippen LogP contribution in [0.15, 0.2) is 137 Å². The van der Waals surface area contributed by atoms with Crippen LogP contribution in [0.2, 0.25) is 0 Å². The number of aryl methyl sites for hydroxylation is 3. The number of rotatable bonds is 2. The summed E-state index contributed by atoms with van der Waals surface area (Å²) < 4.78 is 3.87. The Morgan fingerprint density at radius 2 is 0.961 bits per heavy atom. The fourth-order valence-corrected chi connectivity index (χ4v) is 8.71. The van der Waals surface area contributed by atoms with Gasteiger partial charge in [0, 0.05) is 21.5 Å². The lowest BCUT2D eigenvalue weighted by atomic mass is 9.92. The van der Waals surface area contributed by atoms with Gasteiger partial charge in [0.05, 0.1) is 22.1 Å². The fourth-order valence-electron chi connectivity index (χ4n) is 8.71. The second kappa shape index (κ2) is 10.9. The Labute approximate surface area is 293 Å². The lowest BCUT2D eigenvalue weighted by molar-refractivity contribution is 1.04. The average molecular weight is 659 g/mol. The van der Waals surface area contributed by atoms with Crippen LogP contribution >= 0.6 is 0 Å². The fraction of sp³-hybridized carbons (Fsp3) is 0.106. The van der Waals surface area contributed by atoms with Gasteiger partial charge in [-0.2, -0.15) is 0 Å². The second-order valence-electron chi connectivity index (χ2n) is 14.0. The van der Waals surface area contributed by atoms with Gasteiger partial charge in [-0.05, 0) is 137 Å². The summed E-state index contributed by atoms with van der Waals surface area (Å²) in [4.78, 5) is 30.0. The smallest absolute Gasteiger partial charge is 0.263 e. The standard InChI is InChI=1S/C47H34N2O2/c1-27-38-22-32(30-14-6-4-7-15-30)24-42(27)48-44-29(3)45-41(26-40(44)34-18-10-12-20-36(34)46(48)50)35-19-11-13-21-37(35)47(51)49(45)43-25-33(23-39(38)28(43)2)31-16-8-5-9-17-31/h4,6-8,10-26H,5,9H2,1-3H3. The van der Waals surface area contributed by atoms with Crippen LogP contribution in [-0.2, 0) is 0 Å². The number of aromatic nitrogens is 2. The lowest BCUT2D eigenvalue weighted by Gasteiger charge is -2.17. The van der Waals surface area contributed by atoms with Gasteiger partial charge in [0.2, 0.25) is 0 Å². The van der Waals surface area contributed by atoms with Crippen LogP contribution < -0.4 is 11.1 Å². The molecule has 0 N–H and O–H groups in total. The molecule has 9 aromatic rings. The molecule has 0 radical (unpaired) electrons. The minimum atomic E-state index is -0.0737. The Hall–Kier alpha value is -6.26. The molecule has 3 aromatic heterocycles. The van der Waals surface area contributed by atoms with Crippen LogP contribution in [0.1, 0.15) is 35.1 Å². The third kappa shape index (κ3) is 4.14. The quantitative estimate of drug-likeness (QED) is 0.137. The summed E-state index contributed by atoms with van der Waals surface area (Å²) in [6.45, 7) is 6.36. The molecule has 6 bridgehead atoms. The summed E-state index contributed by atoms with van der Waals surface area (Å²) in [5.74, 6) is 0. The first-order valence-electron chi connectivity index (χ1n) is 17.7. The average Bonchev–Trinajstić information content (AvgIpc) is 3.17. The molecule has 0 spiro atoms. The largest absolute Gasteiger partial charge is 0.276 e. The maximum atomic E-state index is 15.0. The zero-order valence-corrected chi connectivity index (χ0v) is 28.7. The summed E-state index contributed by atoms with van der Waals surface area (Å²) in [7, 11) is 0. The van der Waals surface area contributed by atoms with E-state index < -0.39 is 0 Å². The minimum Gasteiger partial charge on any atom is -0.276 e. The molecular weight excluding hydrogens is 625 g/mol. The number of pyridine rings is 2. The van der Waals surface area contributed by atoms with Crippen molar-refractivity contribution in [2.45, 2.75) is 33.6 Å². The van der Waals surface area contributed by atoms with Gasteiger partial charge in [0.1, 0.15) is 0 Å². The number of hydrogen-bond acceptors (Lipinski definition) is 2. The zero-order valence-electron chi connectivity index (χ0n) is 28.7. The van der Waals surface area contributed by atoms with Gasteiger partial charge < -0.3 is 0 Å². The van der Waals surface area contributed by atoms with E-state index >= 15 is 9.59 Å². The van der Waals surface area contributed by atoms with Crippen LogP contribution in [0.5, 0.6) is 0 Å². The summed E-state index contributed by atoms with van der Waals surface area (Å²) in [5, 5.41) is 7.20. The molecule has 10 rings (SSSR count). The van der Waals surface area contributed by atoms with E-state index in [0.29, 0.717) is 10.8 Å². The molecule has 244 valence electrons. The maximum Gasteiger partial charge on any atom is 0.263 e. The van der Waals surface area contributed by atoms with Crippen molar-refractivity contribution in [3.05, 3.63) is 170 Å². The highest BCUT2D eigenvalue weighted by Gasteiger charge is 2.21. The molecule has 0 unspecified atom stereocenters. The zero-order chi connectivity index (χ0) is 34.5. The Morgan fingerprint density at radius 1 is 0.451 bits per heavy atom. The number of fused-ring (bicyclic) bond motifs is 11. The second-order valence-corrected chi connectivity index (χ2v) is 14.0. The normalized spacial score (nSPS) is 13.4. The Balaban J connectivity index is 1.64. The highest BCUT2D eigenvalue weighted by Crippen LogP contribution is 2.39. The van der Waals surface area contributed by atoms with E-state index in [0.717, 1.165) is 106 Å². The first-order chi connectivity index (χ1) is 24.9. The van der Waals surface area contributed by atoms with Crippen molar-refractivity contribution in [1.82, 2.24) is 8.80 Å². The third-order valence-electron chi connectivity index (χ3n) is 11.2. The van der Waals surface area contributed by atoms with Crippen molar-refractivity contribution >= 4 is 70.7 Å². The molecule has 51 heavy (non-hydrogen) atoms. The van der Waals surface area contributed by atoms with Crippen LogP contribution in [-0.4, -0.2) is 8.80 Å². The van der Waals surface area contributed by atoms with Crippen LogP contribution in [0.3, 0.4) is 0 Å². The van der Waals surface area contributed by atoms with Gasteiger partial charge in [0.25, 0.3) is 11.1 Å². The maximum absolute atomic E-state index is 15.0. The van der Waals surface area contributed by atoms with Crippen molar-refractivity contribution in [2.75, 3.05) is 0 Å². The molecule has 1 aliphatic rings. The summed E-state index contributed by atoms with van der Waals surface area (Å²) in [6.07, 6.45) is 8.72. The van der Waals surface area contributed by atoms with Gasteiger partial charge >= 0.3 is 0 Å². The lowest BCUT2D eigenvalue weighted by Crippen LogP contribution is -2.18. The first-order valence-corrected chi connectivity index (χ1v) is 17.7. The number of benzene rings is 6. The molecule has 1 aliphatic carbocycles. The molecule has 0 atom stereocenters. The SMILES string of the molecule is Cc1c2cc(C3=CCCC=C3)cc1n1c(=O)c3ccccc3c3cc4c5ccccc5c(=O)n(c5cc(-c6ccccc6)cc2c5C)c4c(C)c31. The molecule has 4 nitrogen and oxygen atoms in total. The molecule has 0 saturated carbocycles. The van der Waals surface area contributed by atoms with Crippen molar-refractivity contribution < 1.29 is 0 Å². The highest BCUT2D eigenvalue weighted by atomic mass is 16.1. The molecule has 3 heterocycles. The molecular formula is C47H34N2O2. The van der Waals surface area contributed by atoms with E-state index in [1.54, 1.807) is 0 Å². The van der Waals surface area contributed by atoms with Gasteiger partial charge in [0.15, 0.2) is 0 Å². The molecule has 4 heteroatoms. The number of allylic oxidation sites excluding steroid dienone is 4. The molecule has 0 fully saturated rings. The number of hydrogen-bond donors (Lipinski definition) is 0. The van der Waals surface area contributed by atoms with E-state index in [2.05, 4.69) is 106 Å². The molecule has 0 amide bonds. The van der Waals surface area contributed by atoms with Gasteiger partial charge in [-0.25, -0.2) is 0 Å². The highest BCUT2D eigenvalue weighted by molar-refractivity contribution is 6.18. The summed E-state index contributed by atoms with van der Waals surface area (Å²) in [6, 6.07) is 37.4. The molecule has 6 aromatic carbocycles. The van der Waals surface area contributed by atoms with Crippen LogP contribution in [0, 0.1) is 20.8 Å². The predicted molar refractivity (Wildman–Crippen MR) is 214 cm³/mol. The van der Waals surface area contributed by atoms with Crippen molar-refractivity contribution in [1.29, 1.82) is 0 Å². The predicted octanol–water partition coefficient (Wildman–Crippen LogP) is 11.0. The number of nitrogens with zero attached hydrogens (tertiary/aromatic N) is 2. The van der Waals surface area contributed by atoms with Gasteiger partial charge in [-0.15, -0.1) is 0 Å². The minimum absolute atomic E-state index is 0.0674. The van der Waals surface area contributed by atoms with Crippen molar-refractivity contribution in [3.8, 4) is 11.1 Å². The monoisotopic (exact) mass is 658 g/mol. The summed E-state index contributed by atoms with van der Waals surface area (Å²) >= 11 is 0. The van der Waals surface area contributed by atoms with Crippen LogP contribution in [0.25, 0.3) is 81.9 Å².